The molecule has 1 aromatic carbocycles. The minimum atomic E-state index is -1.02. The number of aryl methyl sites for hydroxylation is 1. The van der Waals surface area contributed by atoms with Crippen molar-refractivity contribution in [3.8, 4) is 22.5 Å². The molecule has 5 atom stereocenters. The van der Waals surface area contributed by atoms with Gasteiger partial charge in [-0.1, -0.05) is 32.1 Å². The van der Waals surface area contributed by atoms with E-state index in [-0.39, 0.29) is 37.3 Å². The number of likely N-dealkylation sites (N-methyl/N-ethyl adjacent to an activating group) is 1. The average molecular weight is 913 g/mol. The van der Waals surface area contributed by atoms with Crippen LogP contribution in [0.25, 0.3) is 33.4 Å². The smallest absolute Gasteiger partial charge is 0.315 e. The van der Waals surface area contributed by atoms with Gasteiger partial charge in [0.15, 0.2) is 0 Å². The van der Waals surface area contributed by atoms with Gasteiger partial charge in [-0.15, -0.1) is 11.3 Å². The maximum Gasteiger partial charge on any atom is 0.315 e. The lowest BCUT2D eigenvalue weighted by atomic mass is 9.84. The summed E-state index contributed by atoms with van der Waals surface area (Å²) in [5.41, 5.74) is 10.3. The number of anilines is 1. The highest BCUT2D eigenvalue weighted by molar-refractivity contribution is 7.80. The van der Waals surface area contributed by atoms with E-state index in [0.29, 0.717) is 37.2 Å². The molecule has 4 aromatic rings. The number of hydrogen-bond acceptors (Lipinski definition) is 13. The Morgan fingerprint density at radius 1 is 1.11 bits per heavy atom. The zero-order chi connectivity index (χ0) is 45.4. The lowest BCUT2D eigenvalue weighted by Gasteiger charge is -2.34. The molecule has 0 unspecified atom stereocenters. The molecule has 2 amide bonds. The molecule has 3 aromatic heterocycles. The molecule has 342 valence electrons. The lowest BCUT2D eigenvalue weighted by Crippen LogP contribution is -2.56. The number of carbonyl (C=O) groups excluding carboxylic acids is 4. The first kappa shape index (κ1) is 45.6. The molecule has 64 heavy (non-hydrogen) atoms. The van der Waals surface area contributed by atoms with Gasteiger partial charge < -0.3 is 33.9 Å². The van der Waals surface area contributed by atoms with Crippen LogP contribution in [0.4, 0.5) is 5.69 Å². The van der Waals surface area contributed by atoms with Crippen LogP contribution in [0.3, 0.4) is 0 Å². The third kappa shape index (κ3) is 9.40. The van der Waals surface area contributed by atoms with E-state index in [4.69, 9.17) is 36.4 Å². The summed E-state index contributed by atoms with van der Waals surface area (Å²) in [5.74, 6) is -3.56. The van der Waals surface area contributed by atoms with Gasteiger partial charge in [0, 0.05) is 85.6 Å². The molecule has 0 radical (unpaired) electrons. The predicted octanol–water partition coefficient (Wildman–Crippen LogP) is 5.73. The fourth-order valence-corrected chi connectivity index (χ4v) is 10.4. The monoisotopic (exact) mass is 912 g/mol. The fraction of sp³-hybridized carbons (Fsp3) is 0.553. The van der Waals surface area contributed by atoms with Crippen molar-refractivity contribution >= 4 is 68.9 Å². The Bertz CT molecular complexity index is 2440. The summed E-state index contributed by atoms with van der Waals surface area (Å²) < 4.78 is 19.7. The summed E-state index contributed by atoms with van der Waals surface area (Å²) in [5, 5.41) is 8.03. The summed E-state index contributed by atoms with van der Waals surface area (Å²) in [7, 11) is 3.86. The molecule has 3 aliphatic heterocycles. The number of ether oxygens (including phenoxy) is 3. The molecular weight excluding hydrogens is 853 g/mol. The first-order valence-electron chi connectivity index (χ1n) is 22.5. The van der Waals surface area contributed by atoms with Gasteiger partial charge in [-0.25, -0.2) is 4.98 Å². The van der Waals surface area contributed by atoms with Crippen LogP contribution in [0.2, 0.25) is 0 Å². The Hall–Kier alpha value is -4.97. The number of thiocarbonyl (C=S) groups is 1. The van der Waals surface area contributed by atoms with Crippen molar-refractivity contribution in [2.24, 2.45) is 23.2 Å². The minimum Gasteiger partial charge on any atom is -0.466 e. The zero-order valence-electron chi connectivity index (χ0n) is 37.9. The third-order valence-electron chi connectivity index (χ3n) is 13.1. The number of pyridine rings is 1. The Kier molecular flexibility index (Phi) is 13.4. The lowest BCUT2D eigenvalue weighted by molar-refractivity contribution is -0.149. The SMILES string of the molecule is CCOC(=O)[C@@H]1C[C@H]1C(=O)N[C@H]1Cc2nc(cs2)-c2ccc3c(c2)c(c(-c2cc(N4CCN(C)CC4)cnc2[C@H](C)OC)n3CC)CC(C)(C)COC(=O)[C@@H]2CCCN(NC2=S)C1=O. The number of methoxy groups -OCH3 is 1. The van der Waals surface area contributed by atoms with Gasteiger partial charge in [-0.05, 0) is 77.3 Å². The number of nitrogens with zero attached hydrogens (tertiary/aromatic N) is 6. The van der Waals surface area contributed by atoms with Gasteiger partial charge in [0.05, 0.1) is 65.1 Å². The van der Waals surface area contributed by atoms with Crippen LogP contribution in [-0.4, -0.2) is 119 Å². The van der Waals surface area contributed by atoms with Crippen molar-refractivity contribution in [1.82, 2.24) is 35.2 Å². The number of hydrazine groups is 1. The Morgan fingerprint density at radius 2 is 1.89 bits per heavy atom. The van der Waals surface area contributed by atoms with E-state index in [9.17, 15) is 19.2 Å². The number of hydrogen-bond donors (Lipinski definition) is 2. The van der Waals surface area contributed by atoms with E-state index >= 15 is 0 Å². The summed E-state index contributed by atoms with van der Waals surface area (Å²) in [6, 6.07) is 7.67. The number of rotatable bonds is 9. The van der Waals surface area contributed by atoms with E-state index in [0.717, 1.165) is 76.5 Å². The van der Waals surface area contributed by atoms with Crippen LogP contribution in [-0.2, 0) is 52.8 Å². The van der Waals surface area contributed by atoms with Crippen molar-refractivity contribution in [3.63, 3.8) is 0 Å². The van der Waals surface area contributed by atoms with E-state index in [1.807, 2.05) is 18.5 Å². The second-order valence-corrected chi connectivity index (χ2v) is 19.7. The predicted molar refractivity (Wildman–Crippen MR) is 250 cm³/mol. The molecule has 0 spiro atoms. The molecule has 1 aliphatic carbocycles. The number of cyclic esters (lactones) is 1. The molecular formula is C47H60N8O7S2. The van der Waals surface area contributed by atoms with E-state index in [1.165, 1.54) is 16.3 Å². The van der Waals surface area contributed by atoms with E-state index < -0.39 is 53.0 Å². The largest absolute Gasteiger partial charge is 0.466 e. The first-order valence-corrected chi connectivity index (χ1v) is 23.8. The van der Waals surface area contributed by atoms with Crippen LogP contribution in [0.15, 0.2) is 35.8 Å². The molecule has 15 nitrogen and oxygen atoms in total. The second kappa shape index (κ2) is 18.9. The second-order valence-electron chi connectivity index (χ2n) is 18.3. The highest BCUT2D eigenvalue weighted by Gasteiger charge is 2.50. The maximum absolute atomic E-state index is 14.4. The molecule has 6 bridgehead atoms. The summed E-state index contributed by atoms with van der Waals surface area (Å²) in [6.07, 6.45) is 3.58. The van der Waals surface area contributed by atoms with E-state index in [2.05, 4.69) is 77.2 Å². The fourth-order valence-electron chi connectivity index (χ4n) is 9.24. The molecule has 6 heterocycles. The number of fused-ring (bicyclic) bond motifs is 7. The van der Waals surface area contributed by atoms with Gasteiger partial charge in [0.1, 0.15) is 16.9 Å². The Balaban J connectivity index is 1.24. The molecule has 4 aliphatic rings. The molecule has 8 rings (SSSR count). The standard InChI is InChI=1S/C47H60N8O7S2/c1-8-54-38-13-12-28-19-31(38)35(41(54)34-20-29(24-48-40(34)27(3)60-7)53-17-15-52(6)16-18-53)23-47(4,5)26-62-45(58)30-11-10-14-55(51-43(30)63)44(57)36(22-39-49-37(28)25-64-39)50-42(56)32-21-33(32)46(59)61-9-2/h12-13,19-20,24-25,27,30,32-33,36H,8-11,14-18,21-23,26H2,1-7H3,(H,50,56)(H,51,63)/t27-,30+,32+,33+,36-/m0/s1. The number of esters is 2. The number of aromatic nitrogens is 3. The minimum absolute atomic E-state index is 0.109. The molecule has 2 N–H and O–H groups in total. The molecule has 2 saturated heterocycles. The average Bonchev–Trinajstić information content (AvgIpc) is 3.93. The van der Waals surface area contributed by atoms with Crippen LogP contribution in [0, 0.1) is 23.2 Å². The third-order valence-corrected chi connectivity index (χ3v) is 14.3. The van der Waals surface area contributed by atoms with Crippen molar-refractivity contribution in [3.05, 3.63) is 52.1 Å². The van der Waals surface area contributed by atoms with Crippen LogP contribution in [0.5, 0.6) is 0 Å². The van der Waals surface area contributed by atoms with Gasteiger partial charge in [0.25, 0.3) is 5.91 Å². The number of carbonyl (C=O) groups is 4. The topological polar surface area (TPSA) is 160 Å². The van der Waals surface area contributed by atoms with Crippen molar-refractivity contribution in [2.45, 2.75) is 85.4 Å². The number of nitrogens with one attached hydrogen (secondary N) is 2. The van der Waals surface area contributed by atoms with E-state index in [1.54, 1.807) is 14.0 Å². The van der Waals surface area contributed by atoms with Crippen LogP contribution < -0.4 is 15.6 Å². The summed E-state index contributed by atoms with van der Waals surface area (Å²) in [4.78, 5) is 69.5. The molecule has 3 fully saturated rings. The highest BCUT2D eigenvalue weighted by Crippen LogP contribution is 2.44. The van der Waals surface area contributed by atoms with Crippen molar-refractivity contribution in [2.75, 3.05) is 65.0 Å². The Morgan fingerprint density at radius 3 is 2.62 bits per heavy atom. The van der Waals surface area contributed by atoms with Crippen LogP contribution in [0.1, 0.15) is 76.3 Å². The maximum atomic E-state index is 14.4. The van der Waals surface area contributed by atoms with Gasteiger partial charge >= 0.3 is 11.9 Å². The Labute approximate surface area is 384 Å². The van der Waals surface area contributed by atoms with Crippen molar-refractivity contribution in [1.29, 1.82) is 0 Å². The normalized spacial score (nSPS) is 23.5. The molecule has 1 saturated carbocycles. The molecule has 17 heteroatoms. The van der Waals surface area contributed by atoms with Gasteiger partial charge in [-0.2, -0.15) is 0 Å². The summed E-state index contributed by atoms with van der Waals surface area (Å²) >= 11 is 7.21. The number of amides is 2. The van der Waals surface area contributed by atoms with Crippen LogP contribution >= 0.6 is 23.6 Å². The summed E-state index contributed by atoms with van der Waals surface area (Å²) in [6.45, 7) is 15.2. The number of benzene rings is 1. The number of thiazole rings is 1. The van der Waals surface area contributed by atoms with Gasteiger partial charge in [-0.3, -0.25) is 34.6 Å². The first-order chi connectivity index (χ1) is 30.7. The quantitative estimate of drug-likeness (QED) is 0.155. The highest BCUT2D eigenvalue weighted by atomic mass is 32.1. The zero-order valence-corrected chi connectivity index (χ0v) is 39.5. The van der Waals surface area contributed by atoms with Gasteiger partial charge in [0.2, 0.25) is 5.91 Å². The van der Waals surface area contributed by atoms with Crippen molar-refractivity contribution < 1.29 is 33.4 Å². The number of piperazine rings is 1.